The van der Waals surface area contributed by atoms with Crippen molar-refractivity contribution in [2.45, 2.75) is 107 Å². The van der Waals surface area contributed by atoms with Gasteiger partial charge in [0.1, 0.15) is 17.8 Å². The van der Waals surface area contributed by atoms with Gasteiger partial charge in [-0.05, 0) is 67.9 Å². The molecule has 300 valence electrons. The van der Waals surface area contributed by atoms with E-state index in [1.165, 1.54) is 36.1 Å². The maximum atomic E-state index is 14.4. The lowest BCUT2D eigenvalue weighted by molar-refractivity contribution is -0.143. The lowest BCUT2D eigenvalue weighted by atomic mass is 9.85. The summed E-state index contributed by atoms with van der Waals surface area (Å²) in [5, 5.41) is 8.98. The Kier molecular flexibility index (Phi) is 12.5. The largest absolute Gasteiger partial charge is 0.370 e. The van der Waals surface area contributed by atoms with E-state index in [-0.39, 0.29) is 67.0 Å². The first-order chi connectivity index (χ1) is 27.2. The van der Waals surface area contributed by atoms with Crippen LogP contribution >= 0.6 is 0 Å². The number of H-pyrrole nitrogens is 1. The van der Waals surface area contributed by atoms with Crippen LogP contribution in [0.4, 0.5) is 8.78 Å². The molecule has 12 nitrogen and oxygen atoms in total. The van der Waals surface area contributed by atoms with Gasteiger partial charge in [0.15, 0.2) is 5.78 Å². The number of rotatable bonds is 14. The Hall–Kier alpha value is -5.92. The fourth-order valence-corrected chi connectivity index (χ4v) is 8.15. The summed E-state index contributed by atoms with van der Waals surface area (Å²) in [6, 6.07) is 20.5. The lowest BCUT2D eigenvalue weighted by Gasteiger charge is -2.38. The van der Waals surface area contributed by atoms with E-state index in [2.05, 4.69) is 20.9 Å². The van der Waals surface area contributed by atoms with Gasteiger partial charge >= 0.3 is 0 Å². The summed E-state index contributed by atoms with van der Waals surface area (Å²) in [5.74, 6) is -6.34. The third kappa shape index (κ3) is 9.91. The van der Waals surface area contributed by atoms with Crippen LogP contribution in [-0.4, -0.2) is 75.4 Å². The number of aromatic nitrogens is 1. The number of alkyl halides is 2. The van der Waals surface area contributed by atoms with Crippen molar-refractivity contribution in [3.63, 3.8) is 0 Å². The molecule has 2 aliphatic heterocycles. The standard InChI is InChI=1S/C43H48F2N6O6/c1-25(52)47-30-14-17-35(50-40(55)36-22-28-21-29(43(2,44)45)13-16-33(28)48-36)42(57)51-31(23-30)15-19-37(51)41(56)49-34(18-20-39(46)54)38(53)24-32(26-9-5-3-6-10-26)27-11-7-4-8-12-27/h3-13,16,21-22,30-32,34-35,37,48H,14-15,17-20,23-24H2,1-2H3,(H2,46,54)(H,47,52)(H,49,56)(H,50,55)/t30-,31-,34+,35+,37+/m1/s1. The zero-order valence-corrected chi connectivity index (χ0v) is 31.9. The monoisotopic (exact) mass is 782 g/mol. The Bertz CT molecular complexity index is 2080. The molecule has 3 aromatic carbocycles. The number of nitrogens with two attached hydrogens (primary N) is 1. The van der Waals surface area contributed by atoms with Gasteiger partial charge in [-0.15, -0.1) is 0 Å². The minimum absolute atomic E-state index is 0.0239. The number of amides is 5. The van der Waals surface area contributed by atoms with E-state index < -0.39 is 53.7 Å². The van der Waals surface area contributed by atoms with E-state index in [1.807, 2.05) is 60.7 Å². The molecule has 2 saturated heterocycles. The van der Waals surface area contributed by atoms with Gasteiger partial charge in [0.05, 0.1) is 6.04 Å². The first-order valence-corrected chi connectivity index (χ1v) is 19.3. The molecule has 1 aromatic heterocycles. The number of nitrogens with one attached hydrogen (secondary N) is 4. The highest BCUT2D eigenvalue weighted by Gasteiger charge is 2.46. The Balaban J connectivity index is 1.24. The average Bonchev–Trinajstić information content (AvgIpc) is 3.80. The quantitative estimate of drug-likeness (QED) is 0.120. The third-order valence-corrected chi connectivity index (χ3v) is 11.0. The molecule has 5 amide bonds. The minimum atomic E-state index is -3.08. The number of carbonyl (C=O) groups is 6. The average molecular weight is 783 g/mol. The second-order valence-electron chi connectivity index (χ2n) is 15.2. The number of primary amides is 1. The van der Waals surface area contributed by atoms with E-state index in [0.717, 1.165) is 18.1 Å². The number of Topliss-reactive ketones (excluding diaryl/α,β-unsaturated/α-hetero) is 1. The molecule has 0 unspecified atom stereocenters. The third-order valence-electron chi connectivity index (χ3n) is 11.0. The second kappa shape index (κ2) is 17.5. The van der Waals surface area contributed by atoms with Crippen molar-refractivity contribution in [2.24, 2.45) is 5.73 Å². The predicted octanol–water partition coefficient (Wildman–Crippen LogP) is 4.97. The molecule has 5 atom stereocenters. The number of fused-ring (bicyclic) bond motifs is 2. The molecule has 0 saturated carbocycles. The van der Waals surface area contributed by atoms with Gasteiger partial charge in [-0.3, -0.25) is 28.8 Å². The fourth-order valence-electron chi connectivity index (χ4n) is 8.15. The first-order valence-electron chi connectivity index (χ1n) is 19.3. The van der Waals surface area contributed by atoms with Crippen LogP contribution < -0.4 is 21.7 Å². The van der Waals surface area contributed by atoms with Gasteiger partial charge in [-0.1, -0.05) is 66.7 Å². The molecule has 0 bridgehead atoms. The zero-order chi connectivity index (χ0) is 40.9. The summed E-state index contributed by atoms with van der Waals surface area (Å²) >= 11 is 0. The molecule has 2 aliphatic rings. The van der Waals surface area contributed by atoms with Crippen molar-refractivity contribution in [1.29, 1.82) is 0 Å². The normalized spacial score (nSPS) is 20.3. The number of carbonyl (C=O) groups excluding carboxylic acids is 6. The molecule has 6 N–H and O–H groups in total. The molecule has 0 radical (unpaired) electrons. The summed E-state index contributed by atoms with van der Waals surface area (Å²) in [4.78, 5) is 84.9. The number of hydrogen-bond acceptors (Lipinski definition) is 6. The van der Waals surface area contributed by atoms with Gasteiger partial charge in [0, 0.05) is 61.2 Å². The zero-order valence-electron chi connectivity index (χ0n) is 31.9. The van der Waals surface area contributed by atoms with Gasteiger partial charge in [0.25, 0.3) is 11.8 Å². The van der Waals surface area contributed by atoms with E-state index in [9.17, 15) is 37.5 Å². The number of aromatic amines is 1. The van der Waals surface area contributed by atoms with Crippen LogP contribution in [0.3, 0.4) is 0 Å². The molecule has 57 heavy (non-hydrogen) atoms. The van der Waals surface area contributed by atoms with E-state index >= 15 is 0 Å². The molecule has 0 aliphatic carbocycles. The number of hydrogen-bond donors (Lipinski definition) is 5. The molecule has 6 rings (SSSR count). The van der Waals surface area contributed by atoms with Crippen molar-refractivity contribution in [1.82, 2.24) is 25.8 Å². The SMILES string of the molecule is CC(=O)N[C@@H]1CC[C@H](NC(=O)c2cc3cc(C(C)(F)F)ccc3[nH]2)C(=O)N2[C@H](CC[C@H]2C(=O)N[C@@H](CCC(N)=O)C(=O)CC(c2ccccc2)c2ccccc2)C1. The van der Waals surface area contributed by atoms with Gasteiger partial charge in [-0.2, -0.15) is 0 Å². The summed E-state index contributed by atoms with van der Waals surface area (Å²) in [5.41, 5.74) is 7.61. The van der Waals surface area contributed by atoms with Gasteiger partial charge < -0.3 is 31.6 Å². The van der Waals surface area contributed by atoms with E-state index in [0.29, 0.717) is 30.2 Å². The van der Waals surface area contributed by atoms with Crippen LogP contribution in [0.1, 0.15) is 98.3 Å². The van der Waals surface area contributed by atoms with Crippen LogP contribution in [0.2, 0.25) is 0 Å². The highest BCUT2D eigenvalue weighted by molar-refractivity contribution is 6.01. The van der Waals surface area contributed by atoms with Crippen LogP contribution in [-0.2, 0) is 29.9 Å². The molecular weight excluding hydrogens is 735 g/mol. The predicted molar refractivity (Wildman–Crippen MR) is 209 cm³/mol. The summed E-state index contributed by atoms with van der Waals surface area (Å²) < 4.78 is 28.0. The number of ketones is 1. The van der Waals surface area contributed by atoms with Crippen molar-refractivity contribution in [3.8, 4) is 0 Å². The molecule has 14 heteroatoms. The second-order valence-corrected chi connectivity index (χ2v) is 15.2. The lowest BCUT2D eigenvalue weighted by Crippen LogP contribution is -2.59. The summed E-state index contributed by atoms with van der Waals surface area (Å²) in [6.07, 6.45) is 1.40. The molecule has 3 heterocycles. The molecule has 0 spiro atoms. The highest BCUT2D eigenvalue weighted by Crippen LogP contribution is 2.34. The number of benzene rings is 3. The Morgan fingerprint density at radius 3 is 2.18 bits per heavy atom. The van der Waals surface area contributed by atoms with Crippen molar-refractivity contribution in [3.05, 3.63) is 107 Å². The molecule has 4 aromatic rings. The van der Waals surface area contributed by atoms with Crippen LogP contribution in [0, 0.1) is 0 Å². The minimum Gasteiger partial charge on any atom is -0.370 e. The Labute approximate surface area is 329 Å². The first kappa shape index (κ1) is 40.7. The van der Waals surface area contributed by atoms with Crippen LogP contribution in [0.5, 0.6) is 0 Å². The van der Waals surface area contributed by atoms with E-state index in [4.69, 9.17) is 5.73 Å². The summed E-state index contributed by atoms with van der Waals surface area (Å²) in [6.45, 7) is 2.18. The topological polar surface area (TPSA) is 184 Å². The maximum Gasteiger partial charge on any atom is 0.270 e. The van der Waals surface area contributed by atoms with Crippen LogP contribution in [0.15, 0.2) is 84.9 Å². The fraction of sp³-hybridized carbons (Fsp3) is 0.395. The van der Waals surface area contributed by atoms with Crippen molar-refractivity contribution < 1.29 is 37.5 Å². The Morgan fingerprint density at radius 2 is 1.56 bits per heavy atom. The van der Waals surface area contributed by atoms with Gasteiger partial charge in [-0.25, -0.2) is 8.78 Å². The number of nitrogens with zero attached hydrogens (tertiary/aromatic N) is 1. The van der Waals surface area contributed by atoms with Crippen molar-refractivity contribution >= 4 is 46.2 Å². The highest BCUT2D eigenvalue weighted by atomic mass is 19.3. The molecular formula is C43H48F2N6O6. The Morgan fingerprint density at radius 1 is 0.895 bits per heavy atom. The van der Waals surface area contributed by atoms with E-state index in [1.54, 1.807) is 0 Å². The number of halogens is 2. The molecule has 2 fully saturated rings. The summed E-state index contributed by atoms with van der Waals surface area (Å²) in [7, 11) is 0. The van der Waals surface area contributed by atoms with Crippen LogP contribution in [0.25, 0.3) is 10.9 Å². The van der Waals surface area contributed by atoms with Crippen molar-refractivity contribution in [2.75, 3.05) is 0 Å². The smallest absolute Gasteiger partial charge is 0.270 e. The maximum absolute atomic E-state index is 14.4. The van der Waals surface area contributed by atoms with Gasteiger partial charge in [0.2, 0.25) is 23.6 Å².